The Morgan fingerprint density at radius 1 is 1.30 bits per heavy atom. The fourth-order valence-corrected chi connectivity index (χ4v) is 2.21. The Morgan fingerprint density at radius 3 is 2.40 bits per heavy atom. The molecule has 0 heterocycles. The van der Waals surface area contributed by atoms with Gasteiger partial charge in [0.2, 0.25) is 0 Å². The van der Waals surface area contributed by atoms with Crippen LogP contribution in [0.25, 0.3) is 0 Å². The number of amides is 1. The summed E-state index contributed by atoms with van der Waals surface area (Å²) in [4.78, 5) is 12.0. The fraction of sp³-hybridized carbons (Fsp3) is 0.500. The van der Waals surface area contributed by atoms with E-state index < -0.39 is 17.6 Å². The second kappa shape index (κ2) is 7.11. The van der Waals surface area contributed by atoms with Crippen LogP contribution in [-0.4, -0.2) is 12.5 Å². The monoisotopic (exact) mass is 351 g/mol. The molecule has 0 aliphatic heterocycles. The maximum absolute atomic E-state index is 12.6. The molecule has 0 atom stereocenters. The van der Waals surface area contributed by atoms with E-state index in [1.165, 1.54) is 6.07 Å². The first kappa shape index (κ1) is 17.0. The van der Waals surface area contributed by atoms with Gasteiger partial charge < -0.3 is 5.32 Å². The molecule has 2 nitrogen and oxygen atoms in total. The summed E-state index contributed by atoms with van der Waals surface area (Å²) < 4.78 is 38.3. The molecule has 1 N–H and O–H groups in total. The molecule has 0 aromatic heterocycles. The third kappa shape index (κ3) is 4.51. The molecule has 0 radical (unpaired) electrons. The molecule has 20 heavy (non-hydrogen) atoms. The third-order valence-corrected chi connectivity index (χ3v) is 3.94. The van der Waals surface area contributed by atoms with E-state index in [0.717, 1.165) is 25.0 Å². The van der Waals surface area contributed by atoms with Gasteiger partial charge in [-0.2, -0.15) is 13.2 Å². The molecule has 0 fully saturated rings. The second-order valence-electron chi connectivity index (χ2n) is 4.58. The Bertz CT molecular complexity index is 470. The van der Waals surface area contributed by atoms with Crippen LogP contribution in [0.5, 0.6) is 0 Å². The number of hydrogen-bond acceptors (Lipinski definition) is 1. The topological polar surface area (TPSA) is 29.1 Å². The first-order chi connectivity index (χ1) is 9.29. The van der Waals surface area contributed by atoms with Crippen molar-refractivity contribution in [3.63, 3.8) is 0 Å². The molecule has 0 aliphatic carbocycles. The van der Waals surface area contributed by atoms with Gasteiger partial charge in [-0.05, 0) is 40.0 Å². The van der Waals surface area contributed by atoms with Gasteiger partial charge in [0.05, 0.1) is 11.1 Å². The summed E-state index contributed by atoms with van der Waals surface area (Å²) in [5.74, 6) is -0.154. The van der Waals surface area contributed by atoms with E-state index in [-0.39, 0.29) is 5.56 Å². The maximum atomic E-state index is 12.6. The van der Waals surface area contributed by atoms with Crippen LogP contribution in [0.15, 0.2) is 22.7 Å². The van der Waals surface area contributed by atoms with Crippen LogP contribution in [0.1, 0.15) is 42.6 Å². The van der Waals surface area contributed by atoms with Crippen molar-refractivity contribution in [3.05, 3.63) is 33.8 Å². The standard InChI is InChI=1S/C14H17BrF3NO/c1-3-9(4-2)8-19-13(20)11-7-10(14(16,17)18)5-6-12(11)15/h5-7,9H,3-4,8H2,1-2H3,(H,19,20). The zero-order valence-electron chi connectivity index (χ0n) is 11.4. The van der Waals surface area contributed by atoms with Crippen LogP contribution in [-0.2, 0) is 6.18 Å². The van der Waals surface area contributed by atoms with Gasteiger partial charge in [0, 0.05) is 11.0 Å². The first-order valence-electron chi connectivity index (χ1n) is 6.44. The maximum Gasteiger partial charge on any atom is 0.416 e. The van der Waals surface area contributed by atoms with E-state index in [2.05, 4.69) is 21.2 Å². The Morgan fingerprint density at radius 2 is 1.90 bits per heavy atom. The molecule has 0 bridgehead atoms. The molecule has 0 saturated heterocycles. The molecule has 1 rings (SSSR count). The number of rotatable bonds is 5. The van der Waals surface area contributed by atoms with Crippen LogP contribution in [0, 0.1) is 5.92 Å². The second-order valence-corrected chi connectivity index (χ2v) is 5.44. The van der Waals surface area contributed by atoms with Gasteiger partial charge in [-0.15, -0.1) is 0 Å². The predicted octanol–water partition coefficient (Wildman–Crippen LogP) is 4.63. The van der Waals surface area contributed by atoms with E-state index in [4.69, 9.17) is 0 Å². The summed E-state index contributed by atoms with van der Waals surface area (Å²) in [6.45, 7) is 4.50. The highest BCUT2D eigenvalue weighted by Crippen LogP contribution is 2.31. The molecule has 112 valence electrons. The van der Waals surface area contributed by atoms with Crippen LogP contribution >= 0.6 is 15.9 Å². The molecule has 0 spiro atoms. The largest absolute Gasteiger partial charge is 0.416 e. The molecule has 0 saturated carbocycles. The summed E-state index contributed by atoms with van der Waals surface area (Å²) in [7, 11) is 0. The van der Waals surface area contributed by atoms with Crippen LogP contribution in [0.2, 0.25) is 0 Å². The molecule has 0 aliphatic rings. The van der Waals surface area contributed by atoms with Crippen molar-refractivity contribution in [2.24, 2.45) is 5.92 Å². The minimum absolute atomic E-state index is 0.00535. The quantitative estimate of drug-likeness (QED) is 0.822. The Kier molecular flexibility index (Phi) is 6.05. The van der Waals surface area contributed by atoms with Gasteiger partial charge in [0.1, 0.15) is 0 Å². The fourth-order valence-electron chi connectivity index (χ4n) is 1.79. The lowest BCUT2D eigenvalue weighted by molar-refractivity contribution is -0.137. The summed E-state index contributed by atoms with van der Waals surface area (Å²) >= 11 is 3.11. The van der Waals surface area contributed by atoms with E-state index in [1.807, 2.05) is 13.8 Å². The van der Waals surface area contributed by atoms with E-state index in [9.17, 15) is 18.0 Å². The normalized spacial score (nSPS) is 11.8. The van der Waals surface area contributed by atoms with E-state index in [1.54, 1.807) is 0 Å². The smallest absolute Gasteiger partial charge is 0.352 e. The number of alkyl halides is 3. The molecule has 1 amide bonds. The van der Waals surface area contributed by atoms with Crippen molar-refractivity contribution >= 4 is 21.8 Å². The lowest BCUT2D eigenvalue weighted by atomic mass is 10.0. The molecule has 1 aromatic carbocycles. The highest BCUT2D eigenvalue weighted by molar-refractivity contribution is 9.10. The van der Waals surface area contributed by atoms with Crippen molar-refractivity contribution in [1.82, 2.24) is 5.32 Å². The Balaban J connectivity index is 2.87. The lowest BCUT2D eigenvalue weighted by Crippen LogP contribution is -2.29. The molecular weight excluding hydrogens is 335 g/mol. The molecular formula is C14H17BrF3NO. The summed E-state index contributed by atoms with van der Waals surface area (Å²) in [5, 5.41) is 2.68. The lowest BCUT2D eigenvalue weighted by Gasteiger charge is -2.15. The van der Waals surface area contributed by atoms with Crippen molar-refractivity contribution in [2.45, 2.75) is 32.9 Å². The Labute approximate surface area is 124 Å². The minimum Gasteiger partial charge on any atom is -0.352 e. The highest BCUT2D eigenvalue weighted by Gasteiger charge is 2.31. The number of benzene rings is 1. The summed E-state index contributed by atoms with van der Waals surface area (Å²) in [6.07, 6.45) is -2.62. The average molecular weight is 352 g/mol. The zero-order chi connectivity index (χ0) is 15.3. The first-order valence-corrected chi connectivity index (χ1v) is 7.23. The summed E-state index contributed by atoms with van der Waals surface area (Å²) in [6, 6.07) is 3.06. The minimum atomic E-state index is -4.45. The average Bonchev–Trinajstić information content (AvgIpc) is 2.38. The molecule has 0 unspecified atom stereocenters. The highest BCUT2D eigenvalue weighted by atomic mass is 79.9. The van der Waals surface area contributed by atoms with Crippen molar-refractivity contribution < 1.29 is 18.0 Å². The van der Waals surface area contributed by atoms with Crippen LogP contribution in [0.3, 0.4) is 0 Å². The predicted molar refractivity (Wildman–Crippen MR) is 75.5 cm³/mol. The van der Waals surface area contributed by atoms with Crippen molar-refractivity contribution in [2.75, 3.05) is 6.54 Å². The number of halogens is 4. The number of nitrogens with one attached hydrogen (secondary N) is 1. The zero-order valence-corrected chi connectivity index (χ0v) is 12.9. The van der Waals surface area contributed by atoms with E-state index in [0.29, 0.717) is 16.9 Å². The third-order valence-electron chi connectivity index (χ3n) is 3.24. The van der Waals surface area contributed by atoms with Gasteiger partial charge in [-0.1, -0.05) is 26.7 Å². The number of carbonyl (C=O) groups excluding carboxylic acids is 1. The molecule has 6 heteroatoms. The van der Waals surface area contributed by atoms with Gasteiger partial charge in [0.15, 0.2) is 0 Å². The van der Waals surface area contributed by atoms with Gasteiger partial charge in [-0.3, -0.25) is 4.79 Å². The number of hydrogen-bond donors (Lipinski definition) is 1. The summed E-state index contributed by atoms with van der Waals surface area (Å²) in [5.41, 5.74) is -0.820. The van der Waals surface area contributed by atoms with Gasteiger partial charge in [-0.25, -0.2) is 0 Å². The number of carbonyl (C=O) groups is 1. The SMILES string of the molecule is CCC(CC)CNC(=O)c1cc(C(F)(F)F)ccc1Br. The van der Waals surface area contributed by atoms with Gasteiger partial charge >= 0.3 is 6.18 Å². The molecule has 1 aromatic rings. The van der Waals surface area contributed by atoms with Crippen LogP contribution < -0.4 is 5.32 Å². The Hall–Kier alpha value is -1.04. The van der Waals surface area contributed by atoms with E-state index >= 15 is 0 Å². The van der Waals surface area contributed by atoms with Crippen LogP contribution in [0.4, 0.5) is 13.2 Å². The van der Waals surface area contributed by atoms with Crippen molar-refractivity contribution in [1.29, 1.82) is 0 Å². The van der Waals surface area contributed by atoms with Crippen molar-refractivity contribution in [3.8, 4) is 0 Å². The van der Waals surface area contributed by atoms with Gasteiger partial charge in [0.25, 0.3) is 5.91 Å².